The molecule has 0 aliphatic heterocycles. The molecule has 2 aromatic heterocycles. The van der Waals surface area contributed by atoms with Crippen molar-refractivity contribution < 1.29 is 4.39 Å². The third kappa shape index (κ3) is 5.49. The van der Waals surface area contributed by atoms with Gasteiger partial charge in [-0.05, 0) is 62.9 Å². The van der Waals surface area contributed by atoms with E-state index >= 15 is 0 Å². The van der Waals surface area contributed by atoms with Crippen molar-refractivity contribution in [1.82, 2.24) is 25.4 Å². The molecule has 0 aliphatic carbocycles. The molecule has 0 fully saturated rings. The maximum atomic E-state index is 13.3. The third-order valence-corrected chi connectivity index (χ3v) is 5.19. The zero-order valence-electron chi connectivity index (χ0n) is 17.6. The molecule has 6 nitrogen and oxygen atoms in total. The monoisotopic (exact) mass is 512 g/mol. The van der Waals surface area contributed by atoms with Gasteiger partial charge in [0.05, 0.1) is 5.69 Å². The summed E-state index contributed by atoms with van der Waals surface area (Å²) in [5, 5.41) is 12.4. The van der Waals surface area contributed by atoms with Crippen LogP contribution < -0.4 is 10.6 Å². The molecule has 0 bridgehead atoms. The van der Waals surface area contributed by atoms with E-state index in [1.807, 2.05) is 24.0 Å². The second-order valence-electron chi connectivity index (χ2n) is 7.28. The number of nitrogens with one attached hydrogen (secondary N) is 3. The zero-order valence-corrected chi connectivity index (χ0v) is 20.0. The number of H-pyrrole nitrogens is 1. The summed E-state index contributed by atoms with van der Waals surface area (Å²) in [6.07, 6.45) is 3.65. The van der Waals surface area contributed by atoms with Crippen molar-refractivity contribution in [1.29, 1.82) is 0 Å². The molecule has 3 N–H and O–H groups in total. The molecule has 3 aromatic rings. The van der Waals surface area contributed by atoms with Gasteiger partial charge in [0.2, 0.25) is 0 Å². The number of aliphatic imine (C=N–C) groups is 1. The first-order valence-electron chi connectivity index (χ1n) is 9.60. The van der Waals surface area contributed by atoms with Crippen molar-refractivity contribution in [3.63, 3.8) is 0 Å². The maximum absolute atomic E-state index is 13.3. The van der Waals surface area contributed by atoms with E-state index in [4.69, 9.17) is 0 Å². The highest BCUT2D eigenvalue weighted by Gasteiger charge is 2.14. The lowest BCUT2D eigenvalue weighted by Gasteiger charge is -2.18. The largest absolute Gasteiger partial charge is 0.361 e. The lowest BCUT2D eigenvalue weighted by atomic mass is 10.1. The Morgan fingerprint density at radius 1 is 1.34 bits per heavy atom. The minimum absolute atomic E-state index is 0. The van der Waals surface area contributed by atoms with Crippen molar-refractivity contribution >= 4 is 40.8 Å². The van der Waals surface area contributed by atoms with Gasteiger partial charge in [0, 0.05) is 49.5 Å². The van der Waals surface area contributed by atoms with Crippen LogP contribution in [0.1, 0.15) is 29.4 Å². The minimum atomic E-state index is -0.225. The van der Waals surface area contributed by atoms with Crippen LogP contribution in [0.2, 0.25) is 0 Å². The molecule has 29 heavy (non-hydrogen) atoms. The van der Waals surface area contributed by atoms with E-state index < -0.39 is 0 Å². The molecular weight excluding hydrogens is 482 g/mol. The summed E-state index contributed by atoms with van der Waals surface area (Å²) < 4.78 is 15.2. The summed E-state index contributed by atoms with van der Waals surface area (Å²) in [6, 6.07) is 5.07. The zero-order chi connectivity index (χ0) is 20.3. The molecule has 0 saturated heterocycles. The molecule has 0 spiro atoms. The van der Waals surface area contributed by atoms with Crippen molar-refractivity contribution in [2.45, 2.75) is 39.7 Å². The van der Waals surface area contributed by atoms with Gasteiger partial charge in [0.1, 0.15) is 5.82 Å². The lowest BCUT2D eigenvalue weighted by molar-refractivity contribution is 0.629. The van der Waals surface area contributed by atoms with Crippen LogP contribution in [0.3, 0.4) is 0 Å². The Kier molecular flexibility index (Phi) is 8.06. The van der Waals surface area contributed by atoms with Gasteiger partial charge in [0.15, 0.2) is 5.96 Å². The molecule has 0 saturated carbocycles. The fourth-order valence-electron chi connectivity index (χ4n) is 3.58. The Bertz CT molecular complexity index is 991. The van der Waals surface area contributed by atoms with E-state index in [9.17, 15) is 4.39 Å². The molecule has 1 atom stereocenters. The van der Waals surface area contributed by atoms with E-state index in [0.29, 0.717) is 0 Å². The van der Waals surface area contributed by atoms with Crippen LogP contribution in [0.4, 0.5) is 4.39 Å². The van der Waals surface area contributed by atoms with Gasteiger partial charge in [-0.15, -0.1) is 24.0 Å². The van der Waals surface area contributed by atoms with Gasteiger partial charge < -0.3 is 15.6 Å². The second-order valence-corrected chi connectivity index (χ2v) is 7.28. The number of nitrogens with zero attached hydrogens (tertiary/aromatic N) is 3. The molecule has 2 heterocycles. The lowest BCUT2D eigenvalue weighted by Crippen LogP contribution is -2.43. The van der Waals surface area contributed by atoms with Crippen LogP contribution in [-0.4, -0.2) is 40.4 Å². The Labute approximate surface area is 188 Å². The number of fused-ring (bicyclic) bond motifs is 1. The molecule has 0 aliphatic rings. The molecular formula is C21H30FIN6. The maximum Gasteiger partial charge on any atom is 0.191 e. The number of halogens is 2. The first-order valence-corrected chi connectivity index (χ1v) is 9.60. The van der Waals surface area contributed by atoms with Crippen molar-refractivity contribution in [2.24, 2.45) is 12.0 Å². The Morgan fingerprint density at radius 2 is 2.10 bits per heavy atom. The third-order valence-electron chi connectivity index (χ3n) is 5.19. The average molecular weight is 512 g/mol. The smallest absolute Gasteiger partial charge is 0.191 e. The van der Waals surface area contributed by atoms with Crippen molar-refractivity contribution in [2.75, 3.05) is 13.6 Å². The molecule has 0 radical (unpaired) electrons. The number of aryl methyl sites for hydroxylation is 2. The Hall–Kier alpha value is -2.10. The van der Waals surface area contributed by atoms with Crippen LogP contribution >= 0.6 is 24.0 Å². The standard InChI is InChI=1S/C21H29FN6.HI/c1-13(10-19-14(2)27-28(5)15(19)3)26-21(23-4)24-9-8-16-12-25-20-11-17(22)6-7-18(16)20;/h6-7,11-13,25H,8-10H2,1-5H3,(H2,23,24,26);1H. The highest BCUT2D eigenvalue weighted by Crippen LogP contribution is 2.19. The Balaban J connectivity index is 0.00000300. The van der Waals surface area contributed by atoms with Crippen molar-refractivity contribution in [3.8, 4) is 0 Å². The molecule has 1 aromatic carbocycles. The topological polar surface area (TPSA) is 70.0 Å². The van der Waals surface area contributed by atoms with Crippen LogP contribution in [0.15, 0.2) is 29.4 Å². The average Bonchev–Trinajstić information content (AvgIpc) is 3.16. The van der Waals surface area contributed by atoms with Crippen LogP contribution in [0, 0.1) is 19.7 Å². The van der Waals surface area contributed by atoms with Crippen LogP contribution in [0.5, 0.6) is 0 Å². The van der Waals surface area contributed by atoms with Gasteiger partial charge in [-0.3, -0.25) is 9.67 Å². The second kappa shape index (κ2) is 10.1. The van der Waals surface area contributed by atoms with Gasteiger partial charge >= 0.3 is 0 Å². The number of guanidine groups is 1. The van der Waals surface area contributed by atoms with Gasteiger partial charge in [-0.2, -0.15) is 5.10 Å². The normalized spacial score (nSPS) is 12.7. The van der Waals surface area contributed by atoms with Crippen LogP contribution in [-0.2, 0) is 19.9 Å². The summed E-state index contributed by atoms with van der Waals surface area (Å²) in [5.74, 6) is 0.550. The van der Waals surface area contributed by atoms with Gasteiger partial charge in [0.25, 0.3) is 0 Å². The van der Waals surface area contributed by atoms with E-state index in [1.165, 1.54) is 23.4 Å². The molecule has 0 amide bonds. The number of hydrogen-bond acceptors (Lipinski definition) is 2. The summed E-state index contributed by atoms with van der Waals surface area (Å²) in [4.78, 5) is 7.46. The highest BCUT2D eigenvalue weighted by atomic mass is 127. The molecule has 8 heteroatoms. The van der Waals surface area contributed by atoms with E-state index in [2.05, 4.69) is 46.5 Å². The predicted octanol–water partition coefficient (Wildman–Crippen LogP) is 3.61. The van der Waals surface area contributed by atoms with E-state index in [1.54, 1.807) is 7.05 Å². The van der Waals surface area contributed by atoms with Crippen molar-refractivity contribution in [3.05, 3.63) is 52.7 Å². The van der Waals surface area contributed by atoms with Crippen LogP contribution in [0.25, 0.3) is 10.9 Å². The molecule has 1 unspecified atom stereocenters. The fourth-order valence-corrected chi connectivity index (χ4v) is 3.58. The summed E-state index contributed by atoms with van der Waals surface area (Å²) in [6.45, 7) is 7.03. The molecule has 3 rings (SSSR count). The summed E-state index contributed by atoms with van der Waals surface area (Å²) in [7, 11) is 3.75. The summed E-state index contributed by atoms with van der Waals surface area (Å²) in [5.41, 5.74) is 5.54. The first kappa shape index (κ1) is 23.2. The summed E-state index contributed by atoms with van der Waals surface area (Å²) >= 11 is 0. The number of aromatic nitrogens is 3. The number of hydrogen-bond donors (Lipinski definition) is 3. The quantitative estimate of drug-likeness (QED) is 0.269. The fraction of sp³-hybridized carbons (Fsp3) is 0.429. The van der Waals surface area contributed by atoms with E-state index in [-0.39, 0.29) is 35.8 Å². The Morgan fingerprint density at radius 3 is 2.76 bits per heavy atom. The number of aromatic amines is 1. The predicted molar refractivity (Wildman–Crippen MR) is 128 cm³/mol. The first-order chi connectivity index (χ1) is 13.4. The van der Waals surface area contributed by atoms with Gasteiger partial charge in [-0.25, -0.2) is 4.39 Å². The minimum Gasteiger partial charge on any atom is -0.361 e. The number of rotatable bonds is 6. The SMILES string of the molecule is CN=C(NCCc1c[nH]c2cc(F)ccc12)NC(C)Cc1c(C)nn(C)c1C.I. The highest BCUT2D eigenvalue weighted by molar-refractivity contribution is 14.0. The van der Waals surface area contributed by atoms with E-state index in [0.717, 1.165) is 47.5 Å². The van der Waals surface area contributed by atoms with Gasteiger partial charge in [-0.1, -0.05) is 0 Å². The number of benzene rings is 1. The molecule has 158 valence electrons.